The molecule has 0 aliphatic rings. The van der Waals surface area contributed by atoms with E-state index in [0.29, 0.717) is 5.82 Å². The largest absolute Gasteiger partial charge is 0.383 e. The molecule has 23 heavy (non-hydrogen) atoms. The molecular weight excluding hydrogens is 288 g/mol. The molecule has 0 aliphatic carbocycles. The first-order valence-electron chi connectivity index (χ1n) is 7.65. The van der Waals surface area contributed by atoms with Gasteiger partial charge in [0, 0.05) is 12.1 Å². The summed E-state index contributed by atoms with van der Waals surface area (Å²) in [5.74, 6) is 0.456. The Hall–Kier alpha value is -2.47. The molecule has 0 radical (unpaired) electrons. The Kier molecular flexibility index (Phi) is 3.77. The molecule has 0 atom stereocenters. The van der Waals surface area contributed by atoms with Gasteiger partial charge in [-0.2, -0.15) is 5.10 Å². The molecule has 3 rings (SSSR count). The van der Waals surface area contributed by atoms with Crippen molar-refractivity contribution in [3.63, 3.8) is 0 Å². The molecule has 3 aromatic rings. The lowest BCUT2D eigenvalue weighted by Crippen LogP contribution is -2.37. The summed E-state index contributed by atoms with van der Waals surface area (Å²) in [6.45, 7) is 7.06. The molecule has 0 aliphatic heterocycles. The molecule has 2 heterocycles. The van der Waals surface area contributed by atoms with Crippen molar-refractivity contribution in [2.24, 2.45) is 0 Å². The molecule has 1 aromatic carbocycles. The maximum absolute atomic E-state index is 6.13. The molecule has 3 N–H and O–H groups in total. The Morgan fingerprint density at radius 1 is 1.17 bits per heavy atom. The van der Waals surface area contributed by atoms with Gasteiger partial charge in [-0.1, -0.05) is 29.8 Å². The Labute approximate surface area is 135 Å². The highest BCUT2D eigenvalue weighted by Crippen LogP contribution is 2.32. The smallest absolute Gasteiger partial charge is 0.164 e. The van der Waals surface area contributed by atoms with Crippen LogP contribution in [0, 0.1) is 6.92 Å². The first-order valence-corrected chi connectivity index (χ1v) is 7.65. The highest BCUT2D eigenvalue weighted by atomic mass is 15.4. The second-order valence-corrected chi connectivity index (χ2v) is 6.43. The van der Waals surface area contributed by atoms with E-state index in [1.807, 2.05) is 11.7 Å². The van der Waals surface area contributed by atoms with Gasteiger partial charge in [0.25, 0.3) is 0 Å². The van der Waals surface area contributed by atoms with Crippen LogP contribution in [0.2, 0.25) is 0 Å². The van der Waals surface area contributed by atoms with Crippen molar-refractivity contribution in [3.8, 4) is 11.3 Å². The Balaban J connectivity index is 2.29. The van der Waals surface area contributed by atoms with E-state index in [2.05, 4.69) is 60.3 Å². The standard InChI is InChI=1S/C17H22N6/c1-11-5-7-12(8-6-11)14-13-15(18)20-10-21-16(13)23(22-14)17(2,3)9-19-4/h5-8,10,19H,9H2,1-4H3,(H2,18,20,21). The number of nitrogens with one attached hydrogen (secondary N) is 1. The Morgan fingerprint density at radius 3 is 2.52 bits per heavy atom. The van der Waals surface area contributed by atoms with Gasteiger partial charge in [-0.15, -0.1) is 0 Å². The minimum absolute atomic E-state index is 0.239. The van der Waals surface area contributed by atoms with Crippen molar-refractivity contribution in [2.75, 3.05) is 19.3 Å². The van der Waals surface area contributed by atoms with Crippen LogP contribution in [0.5, 0.6) is 0 Å². The fraction of sp³-hybridized carbons (Fsp3) is 0.353. The topological polar surface area (TPSA) is 81.7 Å². The number of aromatic nitrogens is 4. The fourth-order valence-corrected chi connectivity index (χ4v) is 2.82. The SMILES string of the molecule is CNCC(C)(C)n1nc(-c2ccc(C)cc2)c2c(N)ncnc21. The molecule has 0 saturated carbocycles. The molecule has 6 nitrogen and oxygen atoms in total. The second kappa shape index (κ2) is 5.62. The van der Waals surface area contributed by atoms with Crippen LogP contribution < -0.4 is 11.1 Å². The van der Waals surface area contributed by atoms with E-state index in [1.54, 1.807) is 0 Å². The molecule has 0 spiro atoms. The van der Waals surface area contributed by atoms with Gasteiger partial charge in [-0.05, 0) is 27.8 Å². The summed E-state index contributed by atoms with van der Waals surface area (Å²) in [6, 6.07) is 8.25. The summed E-state index contributed by atoms with van der Waals surface area (Å²) in [4.78, 5) is 8.59. The number of likely N-dealkylation sites (N-methyl/N-ethyl adjacent to an activating group) is 1. The van der Waals surface area contributed by atoms with E-state index >= 15 is 0 Å². The van der Waals surface area contributed by atoms with Crippen molar-refractivity contribution in [1.82, 2.24) is 25.1 Å². The normalized spacial score (nSPS) is 12.0. The fourth-order valence-electron chi connectivity index (χ4n) is 2.82. The average Bonchev–Trinajstić information content (AvgIpc) is 2.90. The van der Waals surface area contributed by atoms with Gasteiger partial charge >= 0.3 is 0 Å². The first kappa shape index (κ1) is 15.4. The first-order chi connectivity index (χ1) is 10.9. The highest BCUT2D eigenvalue weighted by molar-refractivity contribution is 5.98. The molecule has 0 fully saturated rings. The van der Waals surface area contributed by atoms with Crippen molar-refractivity contribution >= 4 is 16.9 Å². The van der Waals surface area contributed by atoms with Crippen LogP contribution in [0.1, 0.15) is 19.4 Å². The summed E-state index contributed by atoms with van der Waals surface area (Å²) >= 11 is 0. The average molecular weight is 310 g/mol. The van der Waals surface area contributed by atoms with Crippen LogP contribution in [0.15, 0.2) is 30.6 Å². The Bertz CT molecular complexity index is 832. The minimum atomic E-state index is -0.239. The number of nitrogens with two attached hydrogens (primary N) is 1. The number of hydrogen-bond acceptors (Lipinski definition) is 5. The molecule has 0 saturated heterocycles. The monoisotopic (exact) mass is 310 g/mol. The van der Waals surface area contributed by atoms with Crippen LogP contribution in [-0.4, -0.2) is 33.3 Å². The number of hydrogen-bond donors (Lipinski definition) is 2. The maximum atomic E-state index is 6.13. The quantitative estimate of drug-likeness (QED) is 0.773. The molecule has 2 aromatic heterocycles. The van der Waals surface area contributed by atoms with Gasteiger partial charge in [0.15, 0.2) is 5.65 Å². The number of fused-ring (bicyclic) bond motifs is 1. The van der Waals surface area contributed by atoms with Gasteiger partial charge in [0.1, 0.15) is 17.8 Å². The third kappa shape index (κ3) is 2.66. The molecule has 120 valence electrons. The van der Waals surface area contributed by atoms with E-state index < -0.39 is 0 Å². The predicted octanol–water partition coefficient (Wildman–Crippen LogP) is 2.34. The van der Waals surface area contributed by atoms with Gasteiger partial charge in [0.2, 0.25) is 0 Å². The zero-order valence-corrected chi connectivity index (χ0v) is 14.0. The van der Waals surface area contributed by atoms with Crippen LogP contribution in [0.3, 0.4) is 0 Å². The summed E-state index contributed by atoms with van der Waals surface area (Å²) in [7, 11) is 1.93. The lowest BCUT2D eigenvalue weighted by molar-refractivity contribution is 0.319. The minimum Gasteiger partial charge on any atom is -0.383 e. The number of nitrogens with zero attached hydrogens (tertiary/aromatic N) is 4. The van der Waals surface area contributed by atoms with E-state index in [-0.39, 0.29) is 5.54 Å². The highest BCUT2D eigenvalue weighted by Gasteiger charge is 2.27. The van der Waals surface area contributed by atoms with Crippen LogP contribution in [-0.2, 0) is 5.54 Å². The van der Waals surface area contributed by atoms with E-state index in [1.165, 1.54) is 11.9 Å². The van der Waals surface area contributed by atoms with Crippen molar-refractivity contribution in [2.45, 2.75) is 26.3 Å². The molecule has 0 amide bonds. The summed E-state index contributed by atoms with van der Waals surface area (Å²) in [6.07, 6.45) is 1.49. The number of anilines is 1. The van der Waals surface area contributed by atoms with Crippen molar-refractivity contribution < 1.29 is 0 Å². The zero-order chi connectivity index (χ0) is 16.6. The van der Waals surface area contributed by atoms with Gasteiger partial charge < -0.3 is 11.1 Å². The predicted molar refractivity (Wildman–Crippen MR) is 93.2 cm³/mol. The molecule has 0 bridgehead atoms. The second-order valence-electron chi connectivity index (χ2n) is 6.43. The summed E-state index contributed by atoms with van der Waals surface area (Å²) < 4.78 is 1.94. The van der Waals surface area contributed by atoms with Crippen LogP contribution in [0.25, 0.3) is 22.3 Å². The molecular formula is C17H22N6. The molecule has 6 heteroatoms. The van der Waals surface area contributed by atoms with E-state index in [9.17, 15) is 0 Å². The third-order valence-corrected chi connectivity index (χ3v) is 4.00. The van der Waals surface area contributed by atoms with Crippen LogP contribution in [0.4, 0.5) is 5.82 Å². The summed E-state index contributed by atoms with van der Waals surface area (Å²) in [5, 5.41) is 8.85. The lowest BCUT2D eigenvalue weighted by Gasteiger charge is -2.25. The third-order valence-electron chi connectivity index (χ3n) is 4.00. The van der Waals surface area contributed by atoms with Gasteiger partial charge in [0.05, 0.1) is 10.9 Å². The maximum Gasteiger partial charge on any atom is 0.164 e. The van der Waals surface area contributed by atoms with Gasteiger partial charge in [-0.3, -0.25) is 0 Å². The van der Waals surface area contributed by atoms with Gasteiger partial charge in [-0.25, -0.2) is 14.6 Å². The van der Waals surface area contributed by atoms with E-state index in [0.717, 1.165) is 28.8 Å². The lowest BCUT2D eigenvalue weighted by atomic mass is 10.1. The number of benzene rings is 1. The zero-order valence-electron chi connectivity index (χ0n) is 14.0. The Morgan fingerprint density at radius 2 is 1.87 bits per heavy atom. The van der Waals surface area contributed by atoms with E-state index in [4.69, 9.17) is 10.8 Å². The van der Waals surface area contributed by atoms with Crippen LogP contribution >= 0.6 is 0 Å². The summed E-state index contributed by atoms with van der Waals surface area (Å²) in [5.41, 5.74) is 9.70. The molecule has 0 unspecified atom stereocenters. The number of nitrogen functional groups attached to an aromatic ring is 1. The van der Waals surface area contributed by atoms with Crippen molar-refractivity contribution in [1.29, 1.82) is 0 Å². The van der Waals surface area contributed by atoms with Crippen molar-refractivity contribution in [3.05, 3.63) is 36.2 Å². The number of aryl methyl sites for hydroxylation is 1. The number of rotatable bonds is 4.